The van der Waals surface area contributed by atoms with Gasteiger partial charge < -0.3 is 20.6 Å². The van der Waals surface area contributed by atoms with Gasteiger partial charge in [0, 0.05) is 0 Å². The summed E-state index contributed by atoms with van der Waals surface area (Å²) in [5.74, 6) is -0.323. The summed E-state index contributed by atoms with van der Waals surface area (Å²) < 4.78 is 0. The Morgan fingerprint density at radius 2 is 0.662 bits per heavy atom. The van der Waals surface area contributed by atoms with Crippen LogP contribution in [-0.4, -0.2) is 46.1 Å². The zero-order valence-corrected chi connectivity index (χ0v) is 43.9. The summed E-state index contributed by atoms with van der Waals surface area (Å²) in [6.45, 7) is 4.21. The molecule has 0 bridgehead atoms. The predicted octanol–water partition coefficient (Wildman–Crippen LogP) is 18.2. The van der Waals surface area contributed by atoms with E-state index in [2.05, 4.69) is 43.5 Å². The van der Waals surface area contributed by atoms with Crippen LogP contribution in [0.4, 0.5) is 0 Å². The molecule has 0 heterocycles. The van der Waals surface area contributed by atoms with E-state index in [1.165, 1.54) is 257 Å². The third-order valence-corrected chi connectivity index (χ3v) is 13.6. The fourth-order valence-electron chi connectivity index (χ4n) is 9.18. The van der Waals surface area contributed by atoms with Gasteiger partial charge in [-0.2, -0.15) is 0 Å². The fourth-order valence-corrected chi connectivity index (χ4v) is 9.18. The molecule has 0 rings (SSSR count). The average molecular weight is 915 g/mol. The van der Waals surface area contributed by atoms with Crippen molar-refractivity contribution >= 4 is 5.91 Å². The summed E-state index contributed by atoms with van der Waals surface area (Å²) in [6, 6.07) is -0.760. The Morgan fingerprint density at radius 3 is 0.985 bits per heavy atom. The minimum atomic E-state index is -0.950. The lowest BCUT2D eigenvalue weighted by Crippen LogP contribution is -2.45. The van der Waals surface area contributed by atoms with Crippen molar-refractivity contribution in [2.45, 2.75) is 334 Å². The third kappa shape index (κ3) is 51.8. The van der Waals surface area contributed by atoms with E-state index >= 15 is 0 Å². The first-order valence-corrected chi connectivity index (χ1v) is 29.3. The van der Waals surface area contributed by atoms with Crippen molar-refractivity contribution in [3.05, 3.63) is 36.5 Å². The van der Waals surface area contributed by atoms with Crippen LogP contribution in [0.2, 0.25) is 0 Å². The molecule has 0 aromatic rings. The molecule has 0 spiro atoms. The van der Waals surface area contributed by atoms with Gasteiger partial charge >= 0.3 is 0 Å². The standard InChI is InChI=1S/C60H115NO4/c1-3-5-7-9-11-13-15-17-18-19-20-21-22-23-24-25-26-27-28-29-30-31-32-33-34-35-36-37-38-39-40-42-43-45-47-49-51-53-57(63)55-60(65)61-58(56-62)59(64)54-52-50-48-46-44-41-16-14-12-10-8-6-4-2/h29-30,44,46,52,54,57-59,62-64H,3-28,31-43,45,47-51,53,55-56H2,1-2H3,(H,61,65)/b30-29-,46-44+,54-52+. The lowest BCUT2D eigenvalue weighted by atomic mass is 10.0. The lowest BCUT2D eigenvalue weighted by Gasteiger charge is -2.21. The van der Waals surface area contributed by atoms with E-state index in [1.807, 2.05) is 6.08 Å². The molecule has 0 saturated carbocycles. The monoisotopic (exact) mass is 914 g/mol. The molecule has 1 amide bonds. The molecular weight excluding hydrogens is 799 g/mol. The molecule has 0 aromatic heterocycles. The predicted molar refractivity (Wildman–Crippen MR) is 287 cm³/mol. The number of rotatable bonds is 54. The minimum absolute atomic E-state index is 0.00770. The molecule has 65 heavy (non-hydrogen) atoms. The maximum Gasteiger partial charge on any atom is 0.222 e. The highest BCUT2D eigenvalue weighted by Gasteiger charge is 2.20. The van der Waals surface area contributed by atoms with Gasteiger partial charge in [-0.15, -0.1) is 0 Å². The lowest BCUT2D eigenvalue weighted by molar-refractivity contribution is -0.124. The van der Waals surface area contributed by atoms with Crippen LogP contribution < -0.4 is 5.32 Å². The summed E-state index contributed by atoms with van der Waals surface area (Å²) in [5.41, 5.74) is 0. The first kappa shape index (κ1) is 63.6. The quantitative estimate of drug-likeness (QED) is 0.0361. The number of allylic oxidation sites excluding steroid dienone is 5. The van der Waals surface area contributed by atoms with Crippen LogP contribution >= 0.6 is 0 Å². The van der Waals surface area contributed by atoms with Gasteiger partial charge in [0.15, 0.2) is 0 Å². The third-order valence-electron chi connectivity index (χ3n) is 13.6. The van der Waals surface area contributed by atoms with E-state index in [-0.39, 0.29) is 18.9 Å². The summed E-state index contributed by atoms with van der Waals surface area (Å²) in [4.78, 5) is 12.5. The number of amides is 1. The Balaban J connectivity index is 3.46. The largest absolute Gasteiger partial charge is 0.394 e. The highest BCUT2D eigenvalue weighted by molar-refractivity contribution is 5.76. The molecule has 0 saturated heterocycles. The molecule has 5 nitrogen and oxygen atoms in total. The number of unbranched alkanes of at least 4 members (excludes halogenated alkanes) is 41. The molecule has 3 atom stereocenters. The first-order chi connectivity index (χ1) is 32.0. The first-order valence-electron chi connectivity index (χ1n) is 29.3. The topological polar surface area (TPSA) is 89.8 Å². The van der Waals surface area contributed by atoms with Crippen LogP contribution in [0.3, 0.4) is 0 Å². The van der Waals surface area contributed by atoms with Gasteiger partial charge in [0.1, 0.15) is 0 Å². The second kappa shape index (κ2) is 55.2. The van der Waals surface area contributed by atoms with Crippen molar-refractivity contribution in [3.8, 4) is 0 Å². The molecule has 0 fully saturated rings. The Labute approximate surface area is 406 Å². The number of carbonyl (C=O) groups is 1. The molecule has 4 N–H and O–H groups in total. The van der Waals surface area contributed by atoms with E-state index in [1.54, 1.807) is 6.08 Å². The SMILES string of the molecule is CCCCCCCCC/C=C/CC/C=C/C(O)C(CO)NC(=O)CC(O)CCCCCCCCCCCCCCCCC/C=C\CCCCCCCCCCCCCCCCCCCC. The van der Waals surface area contributed by atoms with Gasteiger partial charge in [-0.25, -0.2) is 0 Å². The Bertz CT molecular complexity index is 1010. The van der Waals surface area contributed by atoms with E-state index in [0.29, 0.717) is 6.42 Å². The Morgan fingerprint density at radius 1 is 0.385 bits per heavy atom. The second-order valence-corrected chi connectivity index (χ2v) is 20.2. The van der Waals surface area contributed by atoms with E-state index in [0.717, 1.165) is 32.1 Å². The van der Waals surface area contributed by atoms with Gasteiger partial charge in [-0.3, -0.25) is 4.79 Å². The van der Waals surface area contributed by atoms with Crippen molar-refractivity contribution < 1.29 is 20.1 Å². The van der Waals surface area contributed by atoms with Crippen LogP contribution in [0.1, 0.15) is 316 Å². The number of nitrogens with one attached hydrogen (secondary N) is 1. The van der Waals surface area contributed by atoms with Crippen molar-refractivity contribution in [2.75, 3.05) is 6.61 Å². The molecular formula is C60H115NO4. The zero-order chi connectivity index (χ0) is 47.2. The van der Waals surface area contributed by atoms with Crippen LogP contribution in [0.15, 0.2) is 36.5 Å². The molecule has 3 unspecified atom stereocenters. The number of carbonyl (C=O) groups excluding carboxylic acids is 1. The van der Waals surface area contributed by atoms with Gasteiger partial charge in [0.05, 0.1) is 31.3 Å². The summed E-state index contributed by atoms with van der Waals surface area (Å²) in [5, 5.41) is 33.3. The highest BCUT2D eigenvalue weighted by Crippen LogP contribution is 2.17. The van der Waals surface area contributed by atoms with Crippen LogP contribution in [-0.2, 0) is 4.79 Å². The fraction of sp³-hybridized carbons (Fsp3) is 0.883. The number of hydrogen-bond donors (Lipinski definition) is 4. The number of aliphatic hydroxyl groups is 3. The normalized spacial score (nSPS) is 13.5. The number of hydrogen-bond acceptors (Lipinski definition) is 4. The van der Waals surface area contributed by atoms with Gasteiger partial charge in [0.2, 0.25) is 5.91 Å². The highest BCUT2D eigenvalue weighted by atomic mass is 16.3. The molecule has 0 aliphatic heterocycles. The van der Waals surface area contributed by atoms with E-state index in [4.69, 9.17) is 0 Å². The summed E-state index contributed by atoms with van der Waals surface area (Å²) in [6.07, 6.45) is 72.3. The van der Waals surface area contributed by atoms with Crippen LogP contribution in [0.5, 0.6) is 0 Å². The maximum absolute atomic E-state index is 12.5. The van der Waals surface area contributed by atoms with Crippen molar-refractivity contribution in [3.63, 3.8) is 0 Å². The van der Waals surface area contributed by atoms with Crippen molar-refractivity contribution in [2.24, 2.45) is 0 Å². The summed E-state index contributed by atoms with van der Waals surface area (Å²) in [7, 11) is 0. The van der Waals surface area contributed by atoms with Crippen LogP contribution in [0, 0.1) is 0 Å². The number of aliphatic hydroxyl groups excluding tert-OH is 3. The smallest absolute Gasteiger partial charge is 0.222 e. The minimum Gasteiger partial charge on any atom is -0.394 e. The van der Waals surface area contributed by atoms with Gasteiger partial charge in [-0.1, -0.05) is 288 Å². The molecule has 5 heteroatoms. The van der Waals surface area contributed by atoms with E-state index < -0.39 is 18.2 Å². The molecule has 384 valence electrons. The Hall–Kier alpha value is -1.43. The molecule has 0 radical (unpaired) electrons. The second-order valence-electron chi connectivity index (χ2n) is 20.2. The van der Waals surface area contributed by atoms with Crippen molar-refractivity contribution in [1.29, 1.82) is 0 Å². The van der Waals surface area contributed by atoms with E-state index in [9.17, 15) is 20.1 Å². The molecule has 0 aliphatic rings. The maximum atomic E-state index is 12.5. The average Bonchev–Trinajstić information content (AvgIpc) is 3.30. The zero-order valence-electron chi connectivity index (χ0n) is 43.9. The van der Waals surface area contributed by atoms with Gasteiger partial charge in [-0.05, 0) is 57.8 Å². The van der Waals surface area contributed by atoms with Crippen LogP contribution in [0.25, 0.3) is 0 Å². The molecule has 0 aromatic carbocycles. The summed E-state index contributed by atoms with van der Waals surface area (Å²) >= 11 is 0. The Kier molecular flexibility index (Phi) is 54.0. The molecule has 0 aliphatic carbocycles. The van der Waals surface area contributed by atoms with Crippen molar-refractivity contribution in [1.82, 2.24) is 5.32 Å². The van der Waals surface area contributed by atoms with Gasteiger partial charge in [0.25, 0.3) is 0 Å².